The van der Waals surface area contributed by atoms with Gasteiger partial charge in [-0.2, -0.15) is 0 Å². The molecule has 0 amide bonds. The summed E-state index contributed by atoms with van der Waals surface area (Å²) in [5.74, 6) is 1.24. The molecule has 0 radical (unpaired) electrons. The molecule has 27 heavy (non-hydrogen) atoms. The van der Waals surface area contributed by atoms with E-state index in [9.17, 15) is 9.90 Å². The fraction of sp³-hybridized carbons (Fsp3) is 0.273. The van der Waals surface area contributed by atoms with Crippen LogP contribution in [0.25, 0.3) is 17.0 Å². The van der Waals surface area contributed by atoms with Crippen LogP contribution in [-0.2, 0) is 12.8 Å². The van der Waals surface area contributed by atoms with Crippen LogP contribution < -0.4 is 25.5 Å². The summed E-state index contributed by atoms with van der Waals surface area (Å²) < 4.78 is 14.4. The van der Waals surface area contributed by atoms with E-state index in [4.69, 9.17) is 9.15 Å². The van der Waals surface area contributed by atoms with E-state index in [2.05, 4.69) is 10.6 Å². The lowest BCUT2D eigenvalue weighted by Gasteiger charge is -2.21. The Morgan fingerprint density at radius 3 is 2.81 bits per heavy atom. The zero-order chi connectivity index (χ0) is 18.1. The van der Waals surface area contributed by atoms with Gasteiger partial charge in [-0.25, -0.2) is 9.37 Å². The molecule has 3 aliphatic rings. The summed E-state index contributed by atoms with van der Waals surface area (Å²) in [6.45, 7) is 2.13. The minimum absolute atomic E-state index is 0.140. The van der Waals surface area contributed by atoms with Crippen molar-refractivity contribution in [1.82, 2.24) is 4.58 Å². The molecule has 5 heteroatoms. The molecule has 0 atom stereocenters. The van der Waals surface area contributed by atoms with Gasteiger partial charge < -0.3 is 14.3 Å². The Bertz CT molecular complexity index is 1330. The van der Waals surface area contributed by atoms with Gasteiger partial charge in [0.15, 0.2) is 11.3 Å². The van der Waals surface area contributed by atoms with Crippen LogP contribution in [0.1, 0.15) is 29.5 Å². The molecular formula is C22H18NO4+. The van der Waals surface area contributed by atoms with Crippen LogP contribution in [0, 0.1) is 0 Å². The Morgan fingerprint density at radius 1 is 1.07 bits per heavy atom. The fourth-order valence-electron chi connectivity index (χ4n) is 4.73. The molecule has 0 fully saturated rings. The summed E-state index contributed by atoms with van der Waals surface area (Å²) in [5, 5.41) is 12.4. The third kappa shape index (κ3) is 2.05. The quantitative estimate of drug-likeness (QED) is 0.384. The number of nitrogens with zero attached hydrogens (tertiary/aromatic N) is 1. The lowest BCUT2D eigenvalue weighted by Crippen LogP contribution is -2.43. The topological polar surface area (TPSA) is 62.7 Å². The monoisotopic (exact) mass is 360 g/mol. The number of aryl methyl sites for hydroxylation is 2. The number of hydrogen-bond acceptors (Lipinski definition) is 4. The van der Waals surface area contributed by atoms with Gasteiger partial charge in [-0.3, -0.25) is 0 Å². The van der Waals surface area contributed by atoms with Crippen molar-refractivity contribution in [1.29, 1.82) is 0 Å². The third-order valence-electron chi connectivity index (χ3n) is 5.89. The van der Waals surface area contributed by atoms with E-state index < -0.39 is 0 Å². The van der Waals surface area contributed by atoms with Gasteiger partial charge in [0.2, 0.25) is 5.36 Å². The van der Waals surface area contributed by atoms with Crippen LogP contribution in [0.15, 0.2) is 33.5 Å². The summed E-state index contributed by atoms with van der Waals surface area (Å²) in [5.41, 5.74) is 3.49. The van der Waals surface area contributed by atoms with Gasteiger partial charge in [0.25, 0.3) is 0 Å². The first-order valence-electron chi connectivity index (χ1n) is 9.45. The lowest BCUT2D eigenvalue weighted by atomic mass is 9.93. The molecule has 0 aliphatic carbocycles. The van der Waals surface area contributed by atoms with E-state index in [1.165, 1.54) is 10.9 Å². The maximum absolute atomic E-state index is 12.7. The maximum Gasteiger partial charge on any atom is 0.347 e. The van der Waals surface area contributed by atoms with Crippen LogP contribution in [0.4, 0.5) is 0 Å². The molecule has 5 nitrogen and oxygen atoms in total. The first-order valence-corrected chi connectivity index (χ1v) is 9.45. The van der Waals surface area contributed by atoms with Crippen LogP contribution in [-0.4, -0.2) is 18.2 Å². The molecular weight excluding hydrogens is 342 g/mol. The lowest BCUT2D eigenvalue weighted by molar-refractivity contribution is 0.443. The van der Waals surface area contributed by atoms with Crippen molar-refractivity contribution in [3.63, 3.8) is 0 Å². The highest BCUT2D eigenvalue weighted by atomic mass is 16.5. The number of phenolic OH excluding ortho intramolecular Hbond substituents is 1. The smallest absolute Gasteiger partial charge is 0.347 e. The van der Waals surface area contributed by atoms with Gasteiger partial charge in [0.1, 0.15) is 29.8 Å². The summed E-state index contributed by atoms with van der Waals surface area (Å²) in [6.07, 6.45) is 5.94. The highest BCUT2D eigenvalue weighted by molar-refractivity contribution is 5.88. The Hall–Kier alpha value is -3.08. The molecule has 0 saturated heterocycles. The Kier molecular flexibility index (Phi) is 2.91. The van der Waals surface area contributed by atoms with E-state index in [1.807, 2.05) is 0 Å². The van der Waals surface area contributed by atoms with Gasteiger partial charge >= 0.3 is 5.63 Å². The Balaban J connectivity index is 1.76. The highest BCUT2D eigenvalue weighted by Gasteiger charge is 2.29. The first-order chi connectivity index (χ1) is 13.2. The van der Waals surface area contributed by atoms with Crippen LogP contribution in [0.3, 0.4) is 0 Å². The van der Waals surface area contributed by atoms with Crippen molar-refractivity contribution in [2.45, 2.75) is 25.7 Å². The third-order valence-corrected chi connectivity index (χ3v) is 5.89. The van der Waals surface area contributed by atoms with E-state index in [0.717, 1.165) is 55.3 Å². The summed E-state index contributed by atoms with van der Waals surface area (Å²) >= 11 is 0. The largest absolute Gasteiger partial charge is 0.508 e. The number of hydrogen-bond donors (Lipinski definition) is 1. The molecule has 1 aromatic heterocycles. The number of rotatable bonds is 0. The van der Waals surface area contributed by atoms with Crippen LogP contribution >= 0.6 is 0 Å². The average Bonchev–Trinajstić information content (AvgIpc) is 2.68. The Morgan fingerprint density at radius 2 is 1.93 bits per heavy atom. The molecule has 0 unspecified atom stereocenters. The molecule has 134 valence electrons. The van der Waals surface area contributed by atoms with E-state index in [1.54, 1.807) is 24.3 Å². The van der Waals surface area contributed by atoms with Gasteiger partial charge in [-0.1, -0.05) is 0 Å². The zero-order valence-corrected chi connectivity index (χ0v) is 14.7. The fourth-order valence-corrected chi connectivity index (χ4v) is 4.73. The van der Waals surface area contributed by atoms with E-state index in [-0.39, 0.29) is 11.4 Å². The van der Waals surface area contributed by atoms with Crippen molar-refractivity contribution in [2.75, 3.05) is 13.1 Å². The van der Waals surface area contributed by atoms with Gasteiger partial charge in [-0.05, 0) is 37.1 Å². The zero-order valence-electron chi connectivity index (χ0n) is 14.7. The van der Waals surface area contributed by atoms with Crippen molar-refractivity contribution in [3.8, 4) is 17.2 Å². The van der Waals surface area contributed by atoms with E-state index >= 15 is 0 Å². The van der Waals surface area contributed by atoms with Crippen LogP contribution in [0.5, 0.6) is 17.2 Å². The molecule has 1 N–H and O–H groups in total. The number of aromatic hydroxyl groups is 1. The summed E-state index contributed by atoms with van der Waals surface area (Å²) in [4.78, 5) is 12.7. The average molecular weight is 360 g/mol. The summed E-state index contributed by atoms with van der Waals surface area (Å²) in [7, 11) is 0. The van der Waals surface area contributed by atoms with Crippen molar-refractivity contribution in [3.05, 3.63) is 62.0 Å². The minimum Gasteiger partial charge on any atom is -0.508 e. The van der Waals surface area contributed by atoms with Crippen LogP contribution in [0.2, 0.25) is 0 Å². The highest BCUT2D eigenvalue weighted by Crippen LogP contribution is 2.35. The van der Waals surface area contributed by atoms with Gasteiger partial charge in [-0.15, -0.1) is 0 Å². The molecule has 4 heterocycles. The van der Waals surface area contributed by atoms with Gasteiger partial charge in [0, 0.05) is 30.0 Å². The van der Waals surface area contributed by atoms with Crippen molar-refractivity contribution < 1.29 is 14.3 Å². The predicted molar refractivity (Wildman–Crippen MR) is 101 cm³/mol. The molecule has 0 bridgehead atoms. The summed E-state index contributed by atoms with van der Waals surface area (Å²) in [6, 6.07) is 7.04. The van der Waals surface area contributed by atoms with Crippen molar-refractivity contribution in [2.24, 2.45) is 0 Å². The maximum atomic E-state index is 12.7. The Labute approximate surface area is 154 Å². The standard InChI is InChI=1S/C22H17NO4/c24-14-6-5-12-9-17-21(26-18(12)11-14)16-10-13-3-1-7-23-8-2-4-15(19(13)23)20(16)27-22(17)25/h5-6,9-11H,1-4,7-8H2/p+1. The number of fused-ring (bicyclic) bond motifs is 5. The molecule has 3 aromatic rings. The predicted octanol–water partition coefficient (Wildman–Crippen LogP) is 1.82. The molecule has 6 rings (SSSR count). The molecule has 0 spiro atoms. The number of ether oxygens (including phenoxy) is 1. The second-order valence-electron chi connectivity index (χ2n) is 7.53. The molecule has 0 saturated carbocycles. The second-order valence-corrected chi connectivity index (χ2v) is 7.53. The van der Waals surface area contributed by atoms with Crippen molar-refractivity contribution >= 4 is 17.0 Å². The SMILES string of the molecule is O=c1oc2c3c4c(cc2c2c1=Cc1ccc(O)cc1O2)CCC[N+]=4CCC3. The second kappa shape index (κ2) is 5.22. The minimum atomic E-state index is -0.375. The normalized spacial score (nSPS) is 16.8. The first kappa shape index (κ1) is 15.0. The molecule has 3 aliphatic heterocycles. The van der Waals surface area contributed by atoms with E-state index in [0.29, 0.717) is 22.3 Å². The molecule has 2 aromatic carbocycles. The van der Waals surface area contributed by atoms with Gasteiger partial charge in [0.05, 0.1) is 10.9 Å². The number of benzene rings is 2. The number of phenols is 1.